The molecule has 220 valence electrons. The Morgan fingerprint density at radius 3 is 1.49 bits per heavy atom. The summed E-state index contributed by atoms with van der Waals surface area (Å²) in [5.41, 5.74) is 0. The Morgan fingerprint density at radius 1 is 0.676 bits per heavy atom. The summed E-state index contributed by atoms with van der Waals surface area (Å²) in [6.45, 7) is 5.07. The number of nitrogens with zero attached hydrogens (tertiary/aromatic N) is 1. The van der Waals surface area contributed by atoms with Gasteiger partial charge >= 0.3 is 5.97 Å². The van der Waals surface area contributed by atoms with Crippen molar-refractivity contribution in [2.75, 3.05) is 27.7 Å². The summed E-state index contributed by atoms with van der Waals surface area (Å²) in [6, 6.07) is 0. The summed E-state index contributed by atoms with van der Waals surface area (Å²) >= 11 is 0. The Labute approximate surface area is 230 Å². The summed E-state index contributed by atoms with van der Waals surface area (Å²) < 4.78 is 5.98. The predicted octanol–water partition coefficient (Wildman–Crippen LogP) is 7.59. The van der Waals surface area contributed by atoms with E-state index in [0.29, 0.717) is 23.4 Å². The number of aliphatic carboxylic acids is 1. The van der Waals surface area contributed by atoms with Gasteiger partial charge in [-0.05, 0) is 12.3 Å². The molecule has 0 aliphatic heterocycles. The average Bonchev–Trinajstić information content (AvgIpc) is 2.80. The van der Waals surface area contributed by atoms with Crippen molar-refractivity contribution >= 4 is 11.9 Å². The van der Waals surface area contributed by atoms with E-state index >= 15 is 0 Å². The van der Waals surface area contributed by atoms with Crippen LogP contribution in [0.2, 0.25) is 0 Å². The minimum atomic E-state index is -1.17. The summed E-state index contributed by atoms with van der Waals surface area (Å²) in [4.78, 5) is 23.1. The van der Waals surface area contributed by atoms with Gasteiger partial charge in [0, 0.05) is 18.8 Å². The molecule has 0 radical (unpaired) electrons. The largest absolute Gasteiger partial charge is 0.550 e. The van der Waals surface area contributed by atoms with Crippen molar-refractivity contribution in [3.05, 3.63) is 0 Å². The molecule has 0 heterocycles. The smallest absolute Gasteiger partial charge is 0.306 e. The number of ether oxygens (including phenoxy) is 1. The minimum absolute atomic E-state index is 0.238. The van der Waals surface area contributed by atoms with Crippen LogP contribution in [0.5, 0.6) is 0 Å². The van der Waals surface area contributed by atoms with Gasteiger partial charge in [0.15, 0.2) is 6.10 Å². The number of rotatable bonds is 27. The van der Waals surface area contributed by atoms with Crippen LogP contribution in [0.4, 0.5) is 0 Å². The predicted molar refractivity (Wildman–Crippen MR) is 154 cm³/mol. The van der Waals surface area contributed by atoms with Crippen molar-refractivity contribution in [3.8, 4) is 0 Å². The number of carbonyl (C=O) groups excluding carboxylic acids is 2. The Kier molecular flexibility index (Phi) is 23.3. The highest BCUT2D eigenvalue weighted by Crippen LogP contribution is 2.19. The Balaban J connectivity index is 3.55. The van der Waals surface area contributed by atoms with Crippen molar-refractivity contribution in [1.29, 1.82) is 0 Å². The maximum absolute atomic E-state index is 12.2. The summed E-state index contributed by atoms with van der Waals surface area (Å²) in [5.74, 6) is -0.758. The van der Waals surface area contributed by atoms with Crippen LogP contribution in [0.15, 0.2) is 0 Å². The maximum atomic E-state index is 12.2. The van der Waals surface area contributed by atoms with Gasteiger partial charge in [-0.25, -0.2) is 0 Å². The number of esters is 1. The Hall–Kier alpha value is -1.10. The third-order valence-corrected chi connectivity index (χ3v) is 7.32. The van der Waals surface area contributed by atoms with Gasteiger partial charge in [-0.2, -0.15) is 0 Å². The van der Waals surface area contributed by atoms with Gasteiger partial charge in [0.25, 0.3) is 0 Å². The first kappa shape index (κ1) is 35.9. The first-order chi connectivity index (χ1) is 17.6. The molecule has 0 aliphatic carbocycles. The molecule has 0 spiro atoms. The zero-order valence-corrected chi connectivity index (χ0v) is 25.5. The van der Waals surface area contributed by atoms with Crippen LogP contribution in [0.3, 0.4) is 0 Å². The van der Waals surface area contributed by atoms with Crippen LogP contribution in [-0.4, -0.2) is 50.2 Å². The highest BCUT2D eigenvalue weighted by molar-refractivity contribution is 5.70. The van der Waals surface area contributed by atoms with Gasteiger partial charge in [0.05, 0.1) is 21.1 Å². The molecule has 37 heavy (non-hydrogen) atoms. The molecule has 0 aliphatic rings. The molecule has 0 saturated carbocycles. The van der Waals surface area contributed by atoms with E-state index in [1.54, 1.807) is 0 Å². The number of quaternary nitrogens is 1. The SMILES string of the molecule is CCCCCCCCCCCCCCCCCCC(C)CCCCC(=O)OC(CC(=O)[O-])C[N+](C)(C)C. The van der Waals surface area contributed by atoms with Crippen molar-refractivity contribution in [2.45, 2.75) is 161 Å². The standard InChI is InChI=1S/C32H63NO4/c1-6-7-8-9-10-11-12-13-14-15-16-17-18-19-20-21-24-29(2)25-22-23-26-32(36)37-30(27-31(34)35)28-33(3,4)5/h29-30H,6-28H2,1-5H3. The van der Waals surface area contributed by atoms with Crippen LogP contribution in [-0.2, 0) is 14.3 Å². The number of carbonyl (C=O) groups is 2. The van der Waals surface area contributed by atoms with Crippen molar-refractivity contribution in [1.82, 2.24) is 0 Å². The van der Waals surface area contributed by atoms with Gasteiger partial charge in [-0.1, -0.05) is 136 Å². The van der Waals surface area contributed by atoms with Crippen LogP contribution < -0.4 is 5.11 Å². The zero-order chi connectivity index (χ0) is 27.8. The molecule has 0 aromatic rings. The molecule has 2 unspecified atom stereocenters. The molecule has 0 aromatic carbocycles. The van der Waals surface area contributed by atoms with E-state index in [4.69, 9.17) is 4.74 Å². The van der Waals surface area contributed by atoms with E-state index < -0.39 is 12.1 Å². The van der Waals surface area contributed by atoms with Gasteiger partial charge in [0.2, 0.25) is 0 Å². The Morgan fingerprint density at radius 2 is 1.08 bits per heavy atom. The van der Waals surface area contributed by atoms with E-state index in [0.717, 1.165) is 19.3 Å². The van der Waals surface area contributed by atoms with E-state index in [2.05, 4.69) is 13.8 Å². The van der Waals surface area contributed by atoms with Gasteiger partial charge in [0.1, 0.15) is 6.54 Å². The summed E-state index contributed by atoms with van der Waals surface area (Å²) in [5, 5.41) is 11.0. The average molecular weight is 526 g/mol. The molecule has 0 aromatic heterocycles. The molecule has 0 saturated heterocycles. The summed E-state index contributed by atoms with van der Waals surface area (Å²) in [7, 11) is 5.87. The lowest BCUT2D eigenvalue weighted by Crippen LogP contribution is -2.45. The van der Waals surface area contributed by atoms with Crippen molar-refractivity contribution < 1.29 is 23.9 Å². The maximum Gasteiger partial charge on any atom is 0.306 e. The van der Waals surface area contributed by atoms with Crippen molar-refractivity contribution in [3.63, 3.8) is 0 Å². The normalized spacial score (nSPS) is 13.4. The number of likely N-dealkylation sites (N-methyl/N-ethyl adjacent to an activating group) is 1. The molecule has 0 fully saturated rings. The number of unbranched alkanes of at least 4 members (excludes halogenated alkanes) is 16. The third kappa shape index (κ3) is 27.7. The van der Waals surface area contributed by atoms with Crippen LogP contribution in [0.1, 0.15) is 155 Å². The molecule has 0 bridgehead atoms. The van der Waals surface area contributed by atoms with Crippen molar-refractivity contribution in [2.24, 2.45) is 5.92 Å². The first-order valence-corrected chi connectivity index (χ1v) is 15.8. The van der Waals surface area contributed by atoms with Crippen LogP contribution in [0, 0.1) is 5.92 Å². The third-order valence-electron chi connectivity index (χ3n) is 7.32. The number of hydrogen-bond acceptors (Lipinski definition) is 4. The van der Waals surface area contributed by atoms with Gasteiger partial charge < -0.3 is 19.1 Å². The molecule has 2 atom stereocenters. The second-order valence-electron chi connectivity index (χ2n) is 12.6. The second-order valence-corrected chi connectivity index (χ2v) is 12.6. The Bertz CT molecular complexity index is 543. The molecule has 5 heteroatoms. The molecular weight excluding hydrogens is 462 g/mol. The minimum Gasteiger partial charge on any atom is -0.550 e. The fraction of sp³-hybridized carbons (Fsp3) is 0.938. The number of carboxylic acid groups (broad SMARTS) is 1. The fourth-order valence-electron chi connectivity index (χ4n) is 5.13. The van der Waals surface area contributed by atoms with Gasteiger partial charge in [-0.15, -0.1) is 0 Å². The molecule has 0 amide bonds. The van der Waals surface area contributed by atoms with Crippen LogP contribution in [0.25, 0.3) is 0 Å². The lowest BCUT2D eigenvalue weighted by atomic mass is 9.96. The van der Waals surface area contributed by atoms with E-state index in [1.165, 1.54) is 109 Å². The second kappa shape index (κ2) is 24.0. The van der Waals surface area contributed by atoms with Crippen LogP contribution >= 0.6 is 0 Å². The summed E-state index contributed by atoms with van der Waals surface area (Å²) in [6.07, 6.45) is 26.3. The lowest BCUT2D eigenvalue weighted by molar-refractivity contribution is -0.873. The number of carboxylic acids is 1. The molecule has 5 nitrogen and oxygen atoms in total. The number of hydrogen-bond donors (Lipinski definition) is 0. The first-order valence-electron chi connectivity index (χ1n) is 15.8. The molecular formula is C32H63NO4. The van der Waals surface area contributed by atoms with E-state index in [9.17, 15) is 14.7 Å². The zero-order valence-electron chi connectivity index (χ0n) is 25.5. The molecule has 0 rings (SSSR count). The van der Waals surface area contributed by atoms with Gasteiger partial charge in [-0.3, -0.25) is 4.79 Å². The lowest BCUT2D eigenvalue weighted by Gasteiger charge is -2.29. The highest BCUT2D eigenvalue weighted by Gasteiger charge is 2.22. The fourth-order valence-corrected chi connectivity index (χ4v) is 5.13. The monoisotopic (exact) mass is 525 g/mol. The topological polar surface area (TPSA) is 66.4 Å². The van der Waals surface area contributed by atoms with E-state index in [-0.39, 0.29) is 12.4 Å². The quantitative estimate of drug-likeness (QED) is 0.0629. The highest BCUT2D eigenvalue weighted by atomic mass is 16.5. The molecule has 0 N–H and O–H groups in total. The van der Waals surface area contributed by atoms with E-state index in [1.807, 2.05) is 21.1 Å².